The van der Waals surface area contributed by atoms with E-state index in [2.05, 4.69) is 29.2 Å². The van der Waals surface area contributed by atoms with Crippen LogP contribution in [0.25, 0.3) is 5.57 Å². The third-order valence-electron chi connectivity index (χ3n) is 8.76. The van der Waals surface area contributed by atoms with E-state index in [4.69, 9.17) is 0 Å². The lowest BCUT2D eigenvalue weighted by Crippen LogP contribution is -2.35. The number of aromatic amines is 1. The highest BCUT2D eigenvalue weighted by Crippen LogP contribution is 2.57. The van der Waals surface area contributed by atoms with E-state index in [0.717, 1.165) is 53.6 Å². The number of carbonyl (C=O) groups is 2. The number of aryl methyl sites for hydroxylation is 1. The molecular weight excluding hydrogens is 502 g/mol. The molecule has 0 saturated heterocycles. The second-order valence-corrected chi connectivity index (χ2v) is 11.1. The smallest absolute Gasteiger partial charge is 0.190 e. The molecule has 0 spiro atoms. The molecule has 0 radical (unpaired) electrons. The number of carbonyl (C=O) groups excluding carboxylic acids is 2. The molecule has 0 fully saturated rings. The third kappa shape index (κ3) is 4.12. The first-order valence-corrected chi connectivity index (χ1v) is 14.5. The van der Waals surface area contributed by atoms with Gasteiger partial charge < -0.3 is 4.98 Å². The van der Waals surface area contributed by atoms with Gasteiger partial charge in [-0.15, -0.1) is 0 Å². The Bertz CT molecular complexity index is 1770. The first-order valence-electron chi connectivity index (χ1n) is 14.5. The lowest BCUT2D eigenvalue weighted by molar-refractivity contribution is 0.0957. The van der Waals surface area contributed by atoms with E-state index in [1.165, 1.54) is 11.3 Å². The van der Waals surface area contributed by atoms with Gasteiger partial charge in [-0.25, -0.2) is 0 Å². The van der Waals surface area contributed by atoms with Crippen LogP contribution in [0.2, 0.25) is 0 Å². The predicted molar refractivity (Wildman–Crippen MR) is 163 cm³/mol. The van der Waals surface area contributed by atoms with Crippen molar-refractivity contribution in [1.29, 1.82) is 0 Å². The topological polar surface area (TPSA) is 49.9 Å². The summed E-state index contributed by atoms with van der Waals surface area (Å²) < 4.78 is 0. The maximum absolute atomic E-state index is 14.9. The van der Waals surface area contributed by atoms with Crippen LogP contribution in [0.5, 0.6) is 0 Å². The maximum Gasteiger partial charge on any atom is 0.190 e. The molecule has 3 heteroatoms. The number of rotatable bonds is 7. The molecular formula is C38H31NO2. The Labute approximate surface area is 240 Å². The fourth-order valence-corrected chi connectivity index (χ4v) is 7.00. The van der Waals surface area contributed by atoms with Crippen molar-refractivity contribution in [3.63, 3.8) is 0 Å². The van der Waals surface area contributed by atoms with E-state index >= 15 is 0 Å². The van der Waals surface area contributed by atoms with Crippen LogP contribution in [-0.4, -0.2) is 16.6 Å². The van der Waals surface area contributed by atoms with Crippen molar-refractivity contribution in [3.8, 4) is 0 Å². The number of H-pyrrole nitrogens is 1. The molecule has 1 aromatic heterocycles. The minimum Gasteiger partial charge on any atom is -0.358 e. The summed E-state index contributed by atoms with van der Waals surface area (Å²) in [5.74, 6) is -0.0119. The van der Waals surface area contributed by atoms with E-state index < -0.39 is 5.41 Å². The highest BCUT2D eigenvalue weighted by molar-refractivity contribution is 6.20. The molecule has 1 unspecified atom stereocenters. The first-order chi connectivity index (χ1) is 20.2. The second kappa shape index (κ2) is 10.3. The van der Waals surface area contributed by atoms with Crippen molar-refractivity contribution in [2.24, 2.45) is 0 Å². The molecule has 0 saturated carbocycles. The summed E-state index contributed by atoms with van der Waals surface area (Å²) in [4.78, 5) is 33.0. The van der Waals surface area contributed by atoms with Crippen LogP contribution in [0.3, 0.4) is 0 Å². The molecule has 1 atom stereocenters. The molecule has 5 aromatic rings. The number of fused-ring (bicyclic) bond motifs is 3. The second-order valence-electron chi connectivity index (χ2n) is 11.1. The summed E-state index contributed by atoms with van der Waals surface area (Å²) in [6, 6.07) is 39.4. The minimum absolute atomic E-state index is 0.0267. The summed E-state index contributed by atoms with van der Waals surface area (Å²) >= 11 is 0. The van der Waals surface area contributed by atoms with Gasteiger partial charge in [-0.2, -0.15) is 0 Å². The number of allylic oxidation sites excluding steroid dienone is 1. The summed E-state index contributed by atoms with van der Waals surface area (Å²) in [6.07, 6.45) is 4.31. The Morgan fingerprint density at radius 1 is 0.659 bits per heavy atom. The monoisotopic (exact) mass is 533 g/mol. The van der Waals surface area contributed by atoms with Gasteiger partial charge >= 0.3 is 0 Å². The number of Topliss-reactive ketones (excluding diaryl/α,β-unsaturated/α-hetero) is 2. The van der Waals surface area contributed by atoms with Gasteiger partial charge in [0.15, 0.2) is 11.6 Å². The number of ketones is 2. The van der Waals surface area contributed by atoms with Gasteiger partial charge in [0.05, 0.1) is 11.1 Å². The fraction of sp³-hybridized carbons (Fsp3) is 0.158. The Balaban J connectivity index is 1.60. The van der Waals surface area contributed by atoms with Gasteiger partial charge in [0.1, 0.15) is 0 Å². The van der Waals surface area contributed by atoms with Crippen LogP contribution >= 0.6 is 0 Å². The third-order valence-corrected chi connectivity index (χ3v) is 8.76. The van der Waals surface area contributed by atoms with E-state index in [9.17, 15) is 9.59 Å². The number of aromatic nitrogens is 1. The van der Waals surface area contributed by atoms with Crippen LogP contribution in [0.1, 0.15) is 73.6 Å². The Kier molecular flexibility index (Phi) is 6.36. The molecule has 41 heavy (non-hydrogen) atoms. The van der Waals surface area contributed by atoms with Gasteiger partial charge in [0, 0.05) is 34.4 Å². The Hall–Kier alpha value is -4.76. The highest BCUT2D eigenvalue weighted by atomic mass is 16.1. The first kappa shape index (κ1) is 25.2. The SMILES string of the molecule is O=C(CC1(c2ccccc2)C(C(=O)c2ccccc2)=C(c2ccccc2)c2[nH]c3c(c21)CCCC3)c1ccccc1. The largest absolute Gasteiger partial charge is 0.358 e. The zero-order valence-electron chi connectivity index (χ0n) is 22.9. The van der Waals surface area contributed by atoms with Gasteiger partial charge in [-0.3, -0.25) is 9.59 Å². The normalized spacial score (nSPS) is 17.7. The average molecular weight is 534 g/mol. The molecule has 1 N–H and O–H groups in total. The molecule has 2 aliphatic carbocycles. The van der Waals surface area contributed by atoms with E-state index in [1.807, 2.05) is 97.1 Å². The molecule has 200 valence electrons. The molecule has 4 aromatic carbocycles. The number of hydrogen-bond acceptors (Lipinski definition) is 2. The van der Waals surface area contributed by atoms with Crippen molar-refractivity contribution >= 4 is 17.1 Å². The fourth-order valence-electron chi connectivity index (χ4n) is 7.00. The molecule has 0 aliphatic heterocycles. The predicted octanol–water partition coefficient (Wildman–Crippen LogP) is 8.15. The van der Waals surface area contributed by atoms with Crippen molar-refractivity contribution in [2.75, 3.05) is 0 Å². The molecule has 7 rings (SSSR count). The van der Waals surface area contributed by atoms with Crippen LogP contribution in [0, 0.1) is 0 Å². The highest BCUT2D eigenvalue weighted by Gasteiger charge is 2.53. The number of benzene rings is 4. The standard InChI is InChI=1S/C38H31NO2/c40-32(26-15-5-1-6-16-26)25-38(29-21-11-4-12-22-29)34-30-23-13-14-24-31(30)39-36(34)33(27-17-7-2-8-18-27)35(38)37(41)28-19-9-3-10-20-28/h1-12,15-22,39H,13-14,23-25H2. The van der Waals surface area contributed by atoms with E-state index in [0.29, 0.717) is 16.7 Å². The lowest BCUT2D eigenvalue weighted by Gasteiger charge is -2.35. The average Bonchev–Trinajstić information content (AvgIpc) is 3.56. The molecule has 1 heterocycles. The maximum atomic E-state index is 14.9. The van der Waals surface area contributed by atoms with Crippen LogP contribution in [-0.2, 0) is 18.3 Å². The van der Waals surface area contributed by atoms with E-state index in [1.54, 1.807) is 0 Å². The van der Waals surface area contributed by atoms with Crippen molar-refractivity contribution in [3.05, 3.63) is 172 Å². The summed E-state index contributed by atoms with van der Waals surface area (Å²) in [7, 11) is 0. The molecule has 0 amide bonds. The number of hydrogen-bond donors (Lipinski definition) is 1. The molecule has 3 nitrogen and oxygen atoms in total. The van der Waals surface area contributed by atoms with Crippen molar-refractivity contribution in [1.82, 2.24) is 4.98 Å². The lowest BCUT2D eigenvalue weighted by atomic mass is 9.64. The molecule has 0 bridgehead atoms. The van der Waals surface area contributed by atoms with Crippen LogP contribution in [0.4, 0.5) is 0 Å². The molecule has 2 aliphatic rings. The Morgan fingerprint density at radius 3 is 1.88 bits per heavy atom. The van der Waals surface area contributed by atoms with Gasteiger partial charge in [-0.1, -0.05) is 121 Å². The van der Waals surface area contributed by atoms with Crippen LogP contribution in [0.15, 0.2) is 127 Å². The minimum atomic E-state index is -0.941. The number of nitrogens with one attached hydrogen (secondary N) is 1. The van der Waals surface area contributed by atoms with Gasteiger partial charge in [-0.05, 0) is 47.9 Å². The van der Waals surface area contributed by atoms with Gasteiger partial charge in [0.25, 0.3) is 0 Å². The summed E-state index contributed by atoms with van der Waals surface area (Å²) in [6.45, 7) is 0. The van der Waals surface area contributed by atoms with Crippen molar-refractivity contribution < 1.29 is 9.59 Å². The zero-order valence-corrected chi connectivity index (χ0v) is 22.9. The quantitative estimate of drug-likeness (QED) is 0.215. The van der Waals surface area contributed by atoms with E-state index in [-0.39, 0.29) is 18.0 Å². The van der Waals surface area contributed by atoms with Crippen LogP contribution < -0.4 is 0 Å². The summed E-state index contributed by atoms with van der Waals surface area (Å²) in [5.41, 5.74) is 8.52. The van der Waals surface area contributed by atoms with Gasteiger partial charge in [0.2, 0.25) is 0 Å². The summed E-state index contributed by atoms with van der Waals surface area (Å²) in [5, 5.41) is 0. The Morgan fingerprint density at radius 2 is 1.22 bits per heavy atom. The van der Waals surface area contributed by atoms with Crippen molar-refractivity contribution in [2.45, 2.75) is 37.5 Å². The zero-order chi connectivity index (χ0) is 27.8.